The maximum atomic E-state index is 11.8. The Morgan fingerprint density at radius 2 is 0.423 bits per heavy atom. The monoisotopic (exact) mass is 1100 g/mol. The molecule has 0 atom stereocenters. The van der Waals surface area contributed by atoms with Crippen LogP contribution < -0.4 is 5.46 Å². The minimum absolute atomic E-state index is 0.0391. The van der Waals surface area contributed by atoms with Crippen LogP contribution in [0.25, 0.3) is 87.7 Å². The molecule has 0 aliphatic heterocycles. The summed E-state index contributed by atoms with van der Waals surface area (Å²) in [7, 11) is 5.44. The minimum Gasteiger partial charge on any atom is -0.505 e. The van der Waals surface area contributed by atoms with Crippen molar-refractivity contribution in [2.24, 2.45) is 0 Å². The summed E-state index contributed by atoms with van der Waals surface area (Å²) in [5.41, 5.74) is -13.1. The average molecular weight is 1100 g/mol. The Morgan fingerprint density at radius 3 is 0.718 bits per heavy atom. The smallest absolute Gasteiger partial charge is 0.208 e. The first kappa shape index (κ1) is 51.3. The fourth-order valence-electron chi connectivity index (χ4n) is 8.52. The molecule has 30 nitrogen and oxygen atoms in total. The minimum atomic E-state index is -1.72. The van der Waals surface area contributed by atoms with Gasteiger partial charge in [0.1, 0.15) is 24.5 Å². The molecule has 400 valence electrons. The van der Waals surface area contributed by atoms with Crippen LogP contribution in [0.5, 0.6) is 155 Å². The number of aromatic nitrogens is 3. The number of phenolic OH excluding ortho intramolecular Hbond substituents is 27. The molecular formula is C46H30BN3O27S. The molecule has 2 heterocycles. The van der Waals surface area contributed by atoms with Crippen molar-refractivity contribution < 1.29 is 138 Å². The van der Waals surface area contributed by atoms with Crippen LogP contribution in [0.2, 0.25) is 0 Å². The van der Waals surface area contributed by atoms with Gasteiger partial charge >= 0.3 is 0 Å². The Hall–Kier alpha value is -11.6. The predicted octanol–water partition coefficient (Wildman–Crippen LogP) is 3.39. The van der Waals surface area contributed by atoms with Crippen LogP contribution in [0.1, 0.15) is 5.56 Å². The molecule has 0 fully saturated rings. The normalized spacial score (nSPS) is 11.6. The molecule has 78 heavy (non-hydrogen) atoms. The third-order valence-electron chi connectivity index (χ3n) is 12.5. The number of fused-ring (bicyclic) bond motifs is 3. The van der Waals surface area contributed by atoms with E-state index in [9.17, 15) is 138 Å². The van der Waals surface area contributed by atoms with Gasteiger partial charge in [0.05, 0.1) is 53.6 Å². The van der Waals surface area contributed by atoms with Gasteiger partial charge in [0.25, 0.3) is 0 Å². The highest BCUT2D eigenvalue weighted by molar-refractivity contribution is 7.27. The molecule has 0 aliphatic rings. The van der Waals surface area contributed by atoms with Crippen molar-refractivity contribution in [1.29, 1.82) is 0 Å². The third kappa shape index (κ3) is 6.45. The molecule has 27 N–H and O–H groups in total. The molecule has 0 unspecified atom stereocenters. The number of thiophene rings is 1. The van der Waals surface area contributed by atoms with E-state index < -0.39 is 254 Å². The van der Waals surface area contributed by atoms with Gasteiger partial charge in [-0.25, -0.2) is 15.0 Å². The molecule has 2 radical (unpaired) electrons. The van der Waals surface area contributed by atoms with Crippen LogP contribution in [0.15, 0.2) is 0 Å². The lowest BCUT2D eigenvalue weighted by Gasteiger charge is -2.20. The van der Waals surface area contributed by atoms with Crippen molar-refractivity contribution >= 4 is 44.8 Å². The van der Waals surface area contributed by atoms with E-state index in [1.54, 1.807) is 0 Å². The summed E-state index contributed by atoms with van der Waals surface area (Å²) in [5, 5.41) is 295. The van der Waals surface area contributed by atoms with E-state index in [0.717, 1.165) is 6.92 Å². The quantitative estimate of drug-likeness (QED) is 0.0644. The highest BCUT2D eigenvalue weighted by Gasteiger charge is 2.39. The Morgan fingerprint density at radius 1 is 0.231 bits per heavy atom. The molecule has 9 rings (SSSR count). The SMILES string of the molecule is [B]c1c(O)c(O)c(-c2c(O)c(O)c(-c3c(O)c(O)c(O)c4c3sc3c(-c5c(O)c(O)c(-c6nc(-c7c(O)c(O)c(C)c(O)c7O)nc(-c7c(O)c(O)c(O)c(O)c7O)n6)c(O)c5O)c(O)c(O)c(O)c34)c(O)c2O)c(O)c1O. The molecule has 2 aromatic heterocycles. The standard InChI is InChI=1S/C46H30BN3O27S/c1-2-15(51)29(65)11(30(66)16(2)52)44-48-45(50-46(49-44)13-33(69)39(75)41(77)40(76)34(13)70)12-31(67)21(57)6(22(58)32(12)68)8-26(62)38(74)28(64)10-9-27(63)37(73)25(61)7(42(9)78-43(8)10)5-19(55)17(53)3(18(54)20(5)56)4-23(59)35(71)14(47)36(72)24(4)60/h51-77H,1H3. The van der Waals surface area contributed by atoms with E-state index in [1.807, 2.05) is 0 Å². The molecule has 0 saturated carbocycles. The van der Waals surface area contributed by atoms with Gasteiger partial charge in [-0.05, 0) is 12.4 Å². The second kappa shape index (κ2) is 16.7. The van der Waals surface area contributed by atoms with Crippen molar-refractivity contribution in [3.63, 3.8) is 0 Å². The van der Waals surface area contributed by atoms with Crippen molar-refractivity contribution in [3.8, 4) is 223 Å². The van der Waals surface area contributed by atoms with Gasteiger partial charge < -0.3 is 138 Å². The van der Waals surface area contributed by atoms with E-state index in [0.29, 0.717) is 0 Å². The Bertz CT molecular complexity index is 4040. The molecule has 0 amide bonds. The van der Waals surface area contributed by atoms with Crippen LogP contribution in [-0.2, 0) is 0 Å². The third-order valence-corrected chi connectivity index (χ3v) is 13.7. The molecule has 32 heteroatoms. The van der Waals surface area contributed by atoms with Crippen LogP contribution in [0, 0.1) is 6.92 Å². The van der Waals surface area contributed by atoms with E-state index in [4.69, 9.17) is 7.85 Å². The zero-order valence-corrected chi connectivity index (χ0v) is 38.7. The number of hydrogen-bond acceptors (Lipinski definition) is 31. The van der Waals surface area contributed by atoms with Gasteiger partial charge in [-0.15, -0.1) is 11.3 Å². The Kier molecular flexibility index (Phi) is 11.0. The highest BCUT2D eigenvalue weighted by atomic mass is 32.1. The lowest BCUT2D eigenvalue weighted by molar-refractivity contribution is 0.329. The first-order chi connectivity index (χ1) is 36.3. The van der Waals surface area contributed by atoms with Crippen LogP contribution >= 0.6 is 11.3 Å². The highest BCUT2D eigenvalue weighted by Crippen LogP contribution is 2.68. The van der Waals surface area contributed by atoms with Gasteiger partial charge in [0, 0.05) is 5.56 Å². The Balaban J connectivity index is 1.36. The van der Waals surface area contributed by atoms with Gasteiger partial charge in [-0.1, -0.05) is 0 Å². The molecule has 7 aromatic carbocycles. The fraction of sp³-hybridized carbons (Fsp3) is 0.0217. The molecule has 0 aliphatic carbocycles. The van der Waals surface area contributed by atoms with Crippen molar-refractivity contribution in [1.82, 2.24) is 15.0 Å². The molecule has 9 aromatic rings. The summed E-state index contributed by atoms with van der Waals surface area (Å²) in [6, 6.07) is 0. The number of benzene rings is 7. The van der Waals surface area contributed by atoms with Crippen LogP contribution in [0.3, 0.4) is 0 Å². The van der Waals surface area contributed by atoms with Crippen molar-refractivity contribution in [3.05, 3.63) is 5.56 Å². The number of aromatic hydroxyl groups is 27. The number of nitrogens with zero attached hydrogens (tertiary/aromatic N) is 3. The summed E-state index contributed by atoms with van der Waals surface area (Å²) < 4.78 is -1.69. The van der Waals surface area contributed by atoms with E-state index in [2.05, 4.69) is 15.0 Å². The lowest BCUT2D eigenvalue weighted by atomic mass is 9.87. The van der Waals surface area contributed by atoms with Crippen molar-refractivity contribution in [2.45, 2.75) is 6.92 Å². The first-order valence-corrected chi connectivity index (χ1v) is 21.6. The second-order valence-electron chi connectivity index (χ2n) is 16.6. The zero-order valence-electron chi connectivity index (χ0n) is 37.9. The van der Waals surface area contributed by atoms with Gasteiger partial charge in [0.2, 0.25) is 28.7 Å². The topological polar surface area (TPSA) is 585 Å². The number of phenols is 27. The van der Waals surface area contributed by atoms with Gasteiger partial charge in [-0.2, -0.15) is 0 Å². The molecule has 0 bridgehead atoms. The van der Waals surface area contributed by atoms with Crippen LogP contribution in [-0.4, -0.2) is 161 Å². The maximum absolute atomic E-state index is 11.8. The largest absolute Gasteiger partial charge is 0.505 e. The van der Waals surface area contributed by atoms with Crippen LogP contribution in [0.4, 0.5) is 0 Å². The average Bonchev–Trinajstić information content (AvgIpc) is 3.87. The fourth-order valence-corrected chi connectivity index (χ4v) is 9.93. The summed E-state index contributed by atoms with van der Waals surface area (Å²) in [5.74, 6) is -44.8. The maximum Gasteiger partial charge on any atom is 0.208 e. The molecule has 0 saturated heterocycles. The number of hydrogen-bond donors (Lipinski definition) is 27. The Labute approximate surface area is 431 Å². The van der Waals surface area contributed by atoms with E-state index in [1.165, 1.54) is 0 Å². The number of rotatable bonds is 6. The van der Waals surface area contributed by atoms with E-state index >= 15 is 0 Å². The first-order valence-electron chi connectivity index (χ1n) is 20.8. The zero-order chi connectivity index (χ0) is 57.8. The molecular weight excluding hydrogens is 1070 g/mol. The summed E-state index contributed by atoms with van der Waals surface area (Å²) >= 11 is 0.0391. The second-order valence-corrected chi connectivity index (χ2v) is 17.7. The predicted molar refractivity (Wildman–Crippen MR) is 260 cm³/mol. The summed E-state index contributed by atoms with van der Waals surface area (Å²) in [4.78, 5) is 11.5. The van der Waals surface area contributed by atoms with Gasteiger partial charge in [-0.3, -0.25) is 0 Å². The lowest BCUT2D eigenvalue weighted by Crippen LogP contribution is -2.05. The van der Waals surface area contributed by atoms with E-state index in [-0.39, 0.29) is 11.3 Å². The molecule has 0 spiro atoms. The van der Waals surface area contributed by atoms with Gasteiger partial charge in [0.15, 0.2) is 144 Å². The summed E-state index contributed by atoms with van der Waals surface area (Å²) in [6.07, 6.45) is 0. The van der Waals surface area contributed by atoms with Crippen molar-refractivity contribution in [2.75, 3.05) is 0 Å². The summed E-state index contributed by atoms with van der Waals surface area (Å²) in [6.45, 7) is 1.01.